The summed E-state index contributed by atoms with van der Waals surface area (Å²) in [5, 5.41) is 12.1. The fourth-order valence-corrected chi connectivity index (χ4v) is 2.71. The number of carbonyl (C=O) groups is 1. The highest BCUT2D eigenvalue weighted by molar-refractivity contribution is 6.13. The van der Waals surface area contributed by atoms with Gasteiger partial charge >= 0.3 is 6.18 Å². The zero-order chi connectivity index (χ0) is 20.6. The number of pyridine rings is 1. The van der Waals surface area contributed by atoms with Crippen LogP contribution in [-0.2, 0) is 6.18 Å². The van der Waals surface area contributed by atoms with Crippen molar-refractivity contribution in [3.8, 4) is 11.3 Å². The molecule has 0 radical (unpaired) electrons. The minimum Gasteiger partial charge on any atom is -0.618 e. The first kappa shape index (κ1) is 19.3. The van der Waals surface area contributed by atoms with E-state index in [0.717, 1.165) is 48.7 Å². The molecule has 9 heteroatoms. The number of ketones is 1. The van der Waals surface area contributed by atoms with Gasteiger partial charge in [-0.1, -0.05) is 18.2 Å². The smallest absolute Gasteiger partial charge is 0.416 e. The van der Waals surface area contributed by atoms with Crippen LogP contribution in [0.4, 0.5) is 27.6 Å². The fraction of sp³-hybridized carbons (Fsp3) is 0.0526. The number of nitrogen functional groups attached to an aromatic ring is 1. The number of alkyl halides is 3. The van der Waals surface area contributed by atoms with E-state index < -0.39 is 46.1 Å². The second-order valence-corrected chi connectivity index (χ2v) is 5.82. The van der Waals surface area contributed by atoms with Gasteiger partial charge in [0.1, 0.15) is 22.9 Å². The Morgan fingerprint density at radius 1 is 1.00 bits per heavy atom. The molecule has 3 rings (SSSR count). The zero-order valence-corrected chi connectivity index (χ0v) is 13.9. The highest BCUT2D eigenvalue weighted by Crippen LogP contribution is 2.32. The third kappa shape index (κ3) is 3.38. The SMILES string of the molecule is Nc1c(C(=O)c2cccc(C(F)(F)F)c2)cc[n+]([O-])c1-c1c(F)cccc1F. The summed E-state index contributed by atoms with van der Waals surface area (Å²) in [7, 11) is 0. The number of aromatic nitrogens is 1. The standard InChI is InChI=1S/C19H11F5N2O2/c20-13-5-2-6-14(21)15(13)17-16(25)12(7-8-26(17)28)18(27)10-3-1-4-11(9-10)19(22,23)24/h1-9H,25H2. The van der Waals surface area contributed by atoms with Crippen molar-refractivity contribution >= 4 is 11.5 Å². The van der Waals surface area contributed by atoms with Crippen LogP contribution in [0.3, 0.4) is 0 Å². The van der Waals surface area contributed by atoms with Crippen LogP contribution in [0, 0.1) is 16.8 Å². The molecule has 0 aliphatic heterocycles. The van der Waals surface area contributed by atoms with E-state index in [-0.39, 0.29) is 15.9 Å². The molecule has 1 heterocycles. The van der Waals surface area contributed by atoms with Crippen LogP contribution in [0.25, 0.3) is 11.3 Å². The van der Waals surface area contributed by atoms with Gasteiger partial charge in [-0.05, 0) is 24.3 Å². The lowest BCUT2D eigenvalue weighted by Crippen LogP contribution is -2.31. The van der Waals surface area contributed by atoms with Gasteiger partial charge in [0.2, 0.25) is 0 Å². The number of hydrogen-bond acceptors (Lipinski definition) is 3. The molecule has 0 aliphatic rings. The number of nitrogens with two attached hydrogens (primary N) is 1. The first-order valence-electron chi connectivity index (χ1n) is 7.79. The van der Waals surface area contributed by atoms with E-state index in [1.54, 1.807) is 0 Å². The molecule has 28 heavy (non-hydrogen) atoms. The second kappa shape index (κ2) is 6.91. The molecular formula is C19H11F5N2O2. The normalized spacial score (nSPS) is 11.5. The van der Waals surface area contributed by atoms with Crippen molar-refractivity contribution in [1.82, 2.24) is 0 Å². The van der Waals surface area contributed by atoms with Crippen LogP contribution < -0.4 is 10.5 Å². The molecule has 1 aromatic heterocycles. The summed E-state index contributed by atoms with van der Waals surface area (Å²) in [5.74, 6) is -3.10. The molecule has 2 aromatic carbocycles. The summed E-state index contributed by atoms with van der Waals surface area (Å²) in [6, 6.07) is 7.46. The molecule has 0 spiro atoms. The minimum absolute atomic E-state index is 0.0831. The summed E-state index contributed by atoms with van der Waals surface area (Å²) in [6.45, 7) is 0. The Morgan fingerprint density at radius 2 is 1.61 bits per heavy atom. The Morgan fingerprint density at radius 3 is 2.21 bits per heavy atom. The quantitative estimate of drug-likeness (QED) is 0.315. The fourth-order valence-electron chi connectivity index (χ4n) is 2.71. The lowest BCUT2D eigenvalue weighted by Gasteiger charge is -2.13. The Bertz CT molecular complexity index is 1060. The molecule has 0 aliphatic carbocycles. The van der Waals surface area contributed by atoms with E-state index >= 15 is 0 Å². The average molecular weight is 394 g/mol. The third-order valence-electron chi connectivity index (χ3n) is 4.04. The summed E-state index contributed by atoms with van der Waals surface area (Å²) in [4.78, 5) is 12.7. The van der Waals surface area contributed by atoms with Crippen molar-refractivity contribution < 1.29 is 31.5 Å². The van der Waals surface area contributed by atoms with Gasteiger partial charge in [-0.25, -0.2) is 8.78 Å². The van der Waals surface area contributed by atoms with Crippen molar-refractivity contribution in [1.29, 1.82) is 0 Å². The Labute approximate surface area is 155 Å². The van der Waals surface area contributed by atoms with Gasteiger partial charge in [-0.15, -0.1) is 0 Å². The van der Waals surface area contributed by atoms with Crippen LogP contribution in [-0.4, -0.2) is 5.78 Å². The number of hydrogen-bond donors (Lipinski definition) is 1. The lowest BCUT2D eigenvalue weighted by molar-refractivity contribution is -0.593. The predicted octanol–water partition coefficient (Wildman–Crippen LogP) is 4.10. The number of halogens is 5. The van der Waals surface area contributed by atoms with E-state index in [1.807, 2.05) is 0 Å². The summed E-state index contributed by atoms with van der Waals surface area (Å²) in [5.41, 5.74) is 2.13. The number of carbonyl (C=O) groups excluding carboxylic acids is 1. The first-order chi connectivity index (χ1) is 13.1. The van der Waals surface area contributed by atoms with Crippen molar-refractivity contribution in [3.05, 3.63) is 88.3 Å². The zero-order valence-electron chi connectivity index (χ0n) is 13.9. The minimum atomic E-state index is -4.67. The topological polar surface area (TPSA) is 70.0 Å². The molecule has 0 saturated heterocycles. The summed E-state index contributed by atoms with van der Waals surface area (Å²) in [6.07, 6.45) is -3.86. The molecule has 0 saturated carbocycles. The number of benzene rings is 2. The predicted molar refractivity (Wildman–Crippen MR) is 90.0 cm³/mol. The highest BCUT2D eigenvalue weighted by Gasteiger charge is 2.32. The van der Waals surface area contributed by atoms with Crippen molar-refractivity contribution in [2.24, 2.45) is 0 Å². The van der Waals surface area contributed by atoms with Crippen LogP contribution in [0.15, 0.2) is 54.7 Å². The number of rotatable bonds is 3. The molecule has 4 nitrogen and oxygen atoms in total. The Hall–Kier alpha value is -3.49. The van der Waals surface area contributed by atoms with Gasteiger partial charge in [0.05, 0.1) is 11.1 Å². The van der Waals surface area contributed by atoms with Gasteiger partial charge in [0, 0.05) is 11.6 Å². The molecule has 3 aromatic rings. The van der Waals surface area contributed by atoms with Crippen LogP contribution in [0.1, 0.15) is 21.5 Å². The van der Waals surface area contributed by atoms with E-state index in [9.17, 15) is 32.0 Å². The molecule has 0 unspecified atom stereocenters. The molecule has 2 N–H and O–H groups in total. The largest absolute Gasteiger partial charge is 0.618 e. The monoisotopic (exact) mass is 394 g/mol. The average Bonchev–Trinajstić information content (AvgIpc) is 2.63. The van der Waals surface area contributed by atoms with E-state index in [0.29, 0.717) is 6.07 Å². The summed E-state index contributed by atoms with van der Waals surface area (Å²) < 4.78 is 66.9. The third-order valence-corrected chi connectivity index (χ3v) is 4.04. The number of anilines is 1. The molecular weight excluding hydrogens is 383 g/mol. The number of nitrogens with zero attached hydrogens (tertiary/aromatic N) is 1. The van der Waals surface area contributed by atoms with Gasteiger partial charge < -0.3 is 10.9 Å². The van der Waals surface area contributed by atoms with Gasteiger partial charge in [0.25, 0.3) is 5.69 Å². The first-order valence-corrected chi connectivity index (χ1v) is 7.79. The highest BCUT2D eigenvalue weighted by atomic mass is 19.4. The molecule has 0 atom stereocenters. The maximum atomic E-state index is 14.1. The van der Waals surface area contributed by atoms with Crippen molar-refractivity contribution in [2.75, 3.05) is 5.73 Å². The maximum Gasteiger partial charge on any atom is 0.416 e. The van der Waals surface area contributed by atoms with Crippen LogP contribution >= 0.6 is 0 Å². The van der Waals surface area contributed by atoms with E-state index in [1.165, 1.54) is 0 Å². The van der Waals surface area contributed by atoms with Gasteiger partial charge in [0.15, 0.2) is 12.0 Å². The van der Waals surface area contributed by atoms with E-state index in [4.69, 9.17) is 5.73 Å². The Balaban J connectivity index is 2.16. The molecule has 144 valence electrons. The van der Waals surface area contributed by atoms with Gasteiger partial charge in [-0.2, -0.15) is 17.9 Å². The second-order valence-electron chi connectivity index (χ2n) is 5.82. The van der Waals surface area contributed by atoms with Crippen molar-refractivity contribution in [3.63, 3.8) is 0 Å². The molecule has 0 amide bonds. The van der Waals surface area contributed by atoms with Gasteiger partial charge in [-0.3, -0.25) is 4.79 Å². The maximum absolute atomic E-state index is 14.1. The van der Waals surface area contributed by atoms with Crippen LogP contribution in [0.5, 0.6) is 0 Å². The Kier molecular flexibility index (Phi) is 4.76. The van der Waals surface area contributed by atoms with Crippen molar-refractivity contribution in [2.45, 2.75) is 6.18 Å². The van der Waals surface area contributed by atoms with E-state index in [2.05, 4.69) is 0 Å². The van der Waals surface area contributed by atoms with Crippen LogP contribution in [0.2, 0.25) is 0 Å². The molecule has 0 fully saturated rings. The summed E-state index contributed by atoms with van der Waals surface area (Å²) >= 11 is 0. The molecule has 0 bridgehead atoms. The lowest BCUT2D eigenvalue weighted by atomic mass is 9.98.